The van der Waals surface area contributed by atoms with Crippen molar-refractivity contribution in [1.29, 1.82) is 5.26 Å². The van der Waals surface area contributed by atoms with Gasteiger partial charge in [0.25, 0.3) is 0 Å². The van der Waals surface area contributed by atoms with E-state index in [9.17, 15) is 10.2 Å². The minimum Gasteiger partial charge on any atom is -0.493 e. The van der Waals surface area contributed by atoms with E-state index >= 15 is 0 Å². The van der Waals surface area contributed by atoms with Crippen molar-refractivity contribution >= 4 is 0 Å². The van der Waals surface area contributed by atoms with Gasteiger partial charge in [0.1, 0.15) is 12.2 Å². The smallest absolute Gasteiger partial charge is 0.214 e. The lowest BCUT2D eigenvalue weighted by molar-refractivity contribution is 0.0843. The third kappa shape index (κ3) is 0.603. The van der Waals surface area contributed by atoms with Gasteiger partial charge in [0.05, 0.1) is 11.1 Å². The summed E-state index contributed by atoms with van der Waals surface area (Å²) in [5.74, 6) is -0.450. The predicted molar refractivity (Wildman–Crippen MR) is 44.5 cm³/mol. The van der Waals surface area contributed by atoms with E-state index in [0.29, 0.717) is 11.1 Å². The maximum atomic E-state index is 9.62. The van der Waals surface area contributed by atoms with Crippen molar-refractivity contribution in [3.63, 3.8) is 0 Å². The van der Waals surface area contributed by atoms with Gasteiger partial charge in [-0.3, -0.25) is 0 Å². The van der Waals surface area contributed by atoms with Gasteiger partial charge >= 0.3 is 0 Å². The van der Waals surface area contributed by atoms with Crippen LogP contribution in [-0.4, -0.2) is 14.8 Å². The molecule has 0 fully saturated rings. The zero-order chi connectivity index (χ0) is 9.87. The number of rotatable bonds is 0. The van der Waals surface area contributed by atoms with Crippen LogP contribution in [-0.2, 0) is 4.74 Å². The topological polar surface area (TPSA) is 78.4 Å². The lowest BCUT2D eigenvalue weighted by Crippen LogP contribution is -1.92. The summed E-state index contributed by atoms with van der Waals surface area (Å²) in [7, 11) is 0. The van der Waals surface area contributed by atoms with Crippen LogP contribution in [0.4, 0.5) is 0 Å². The van der Waals surface area contributed by atoms with Gasteiger partial charge in [0.2, 0.25) is 11.8 Å². The Morgan fingerprint density at radius 3 is 2.14 bits per heavy atom. The number of ether oxygens (including phenoxy) is 1. The first-order chi connectivity index (χ1) is 6.74. The molecule has 70 valence electrons. The van der Waals surface area contributed by atoms with Crippen molar-refractivity contribution in [2.75, 3.05) is 0 Å². The molecule has 2 aliphatic heterocycles. The summed E-state index contributed by atoms with van der Waals surface area (Å²) in [6.07, 6.45) is 4.65. The molecule has 2 bridgehead atoms. The first kappa shape index (κ1) is 7.47. The Balaban J connectivity index is 2.34. The summed E-state index contributed by atoms with van der Waals surface area (Å²) in [6.45, 7) is 0. The monoisotopic (exact) mass is 190 g/mol. The molecule has 0 spiro atoms. The molecular formula is C9H6N2O3. The summed E-state index contributed by atoms with van der Waals surface area (Å²) in [5.41, 5.74) is 1.02. The maximum Gasteiger partial charge on any atom is 0.214 e. The maximum absolute atomic E-state index is 9.62. The molecule has 3 rings (SSSR count). The van der Waals surface area contributed by atoms with Crippen molar-refractivity contribution < 1.29 is 14.9 Å². The average molecular weight is 190 g/mol. The highest BCUT2D eigenvalue weighted by atomic mass is 16.5. The van der Waals surface area contributed by atoms with Crippen LogP contribution < -0.4 is 0 Å². The highest BCUT2D eigenvalue weighted by Crippen LogP contribution is 2.54. The van der Waals surface area contributed by atoms with Crippen molar-refractivity contribution in [2.24, 2.45) is 0 Å². The lowest BCUT2D eigenvalue weighted by Gasteiger charge is -2.02. The fourth-order valence-corrected chi connectivity index (χ4v) is 2.02. The average Bonchev–Trinajstić information content (AvgIpc) is 2.80. The molecule has 0 radical (unpaired) electrons. The van der Waals surface area contributed by atoms with Gasteiger partial charge in [-0.25, -0.2) is 0 Å². The molecule has 14 heavy (non-hydrogen) atoms. The number of hydrogen-bond donors (Lipinski definition) is 2. The summed E-state index contributed by atoms with van der Waals surface area (Å²) in [4.78, 5) is 0. The van der Waals surface area contributed by atoms with Crippen LogP contribution in [0.5, 0.6) is 11.8 Å². The molecule has 2 unspecified atom stereocenters. The molecule has 1 aromatic heterocycles. The Morgan fingerprint density at radius 1 is 1.21 bits per heavy atom. The van der Waals surface area contributed by atoms with E-state index in [1.165, 1.54) is 0 Å². The quantitative estimate of drug-likeness (QED) is 0.596. The first-order valence-electron chi connectivity index (χ1n) is 4.14. The third-order valence-electron chi connectivity index (χ3n) is 2.62. The van der Waals surface area contributed by atoms with Crippen LogP contribution in [0.25, 0.3) is 0 Å². The SMILES string of the molecule is N#Cn1c(O)c2c(c1O)C1C=CC2O1. The van der Waals surface area contributed by atoms with Crippen LogP contribution in [0.3, 0.4) is 0 Å². The third-order valence-corrected chi connectivity index (χ3v) is 2.62. The molecule has 0 saturated carbocycles. The van der Waals surface area contributed by atoms with Crippen LogP contribution in [0.15, 0.2) is 12.2 Å². The first-order valence-corrected chi connectivity index (χ1v) is 4.14. The normalized spacial score (nSPS) is 26.5. The molecule has 2 atom stereocenters. The molecule has 2 N–H and O–H groups in total. The van der Waals surface area contributed by atoms with E-state index in [1.807, 2.05) is 0 Å². The zero-order valence-corrected chi connectivity index (χ0v) is 7.01. The number of aromatic hydroxyl groups is 2. The minimum absolute atomic E-state index is 0.225. The number of fused-ring (bicyclic) bond motifs is 5. The van der Waals surface area contributed by atoms with Gasteiger partial charge in [-0.2, -0.15) is 9.83 Å². The fourth-order valence-electron chi connectivity index (χ4n) is 2.02. The minimum atomic E-state index is -0.324. The Morgan fingerprint density at radius 2 is 1.71 bits per heavy atom. The molecule has 5 heteroatoms. The highest BCUT2D eigenvalue weighted by molar-refractivity contribution is 5.56. The van der Waals surface area contributed by atoms with E-state index in [-0.39, 0.29) is 24.0 Å². The second-order valence-electron chi connectivity index (χ2n) is 3.27. The van der Waals surface area contributed by atoms with Gasteiger partial charge in [0, 0.05) is 0 Å². The molecule has 3 heterocycles. The number of nitrogens with zero attached hydrogens (tertiary/aromatic N) is 2. The summed E-state index contributed by atoms with van der Waals surface area (Å²) in [6, 6.07) is 0. The molecule has 1 aromatic rings. The van der Waals surface area contributed by atoms with Gasteiger partial charge in [-0.1, -0.05) is 12.2 Å². The summed E-state index contributed by atoms with van der Waals surface area (Å²) < 4.78 is 6.20. The second kappa shape index (κ2) is 2.11. The van der Waals surface area contributed by atoms with E-state index in [4.69, 9.17) is 10.00 Å². The van der Waals surface area contributed by atoms with Crippen LogP contribution >= 0.6 is 0 Å². The number of nitriles is 1. The summed E-state index contributed by atoms with van der Waals surface area (Å²) in [5, 5.41) is 27.9. The van der Waals surface area contributed by atoms with Crippen LogP contribution in [0, 0.1) is 11.5 Å². The standard InChI is InChI=1S/C9H6N2O3/c10-3-11-8(12)6-4-1-2-5(14-4)7(6)9(11)13/h1-2,4-5,12-13H. The molecule has 5 nitrogen and oxygen atoms in total. The van der Waals surface area contributed by atoms with Crippen molar-refractivity contribution in [2.45, 2.75) is 12.2 Å². The van der Waals surface area contributed by atoms with Gasteiger partial charge < -0.3 is 14.9 Å². The van der Waals surface area contributed by atoms with Crippen LogP contribution in [0.1, 0.15) is 23.3 Å². The van der Waals surface area contributed by atoms with Gasteiger partial charge in [0.15, 0.2) is 6.19 Å². The Hall–Kier alpha value is -1.93. The number of hydrogen-bond acceptors (Lipinski definition) is 4. The van der Waals surface area contributed by atoms with E-state index in [0.717, 1.165) is 4.57 Å². The fraction of sp³-hybridized carbons (Fsp3) is 0.222. The molecule has 0 saturated heterocycles. The van der Waals surface area contributed by atoms with E-state index < -0.39 is 0 Å². The van der Waals surface area contributed by atoms with E-state index in [2.05, 4.69) is 0 Å². The Labute approximate surface area is 79.1 Å². The summed E-state index contributed by atoms with van der Waals surface area (Å²) >= 11 is 0. The molecule has 2 aliphatic rings. The Bertz CT molecular complexity index is 460. The number of aromatic nitrogens is 1. The molecule has 0 amide bonds. The second-order valence-corrected chi connectivity index (χ2v) is 3.27. The van der Waals surface area contributed by atoms with Gasteiger partial charge in [-0.15, -0.1) is 0 Å². The largest absolute Gasteiger partial charge is 0.493 e. The Kier molecular flexibility index (Phi) is 1.13. The van der Waals surface area contributed by atoms with Gasteiger partial charge in [-0.05, 0) is 0 Å². The molecule has 0 aromatic carbocycles. The van der Waals surface area contributed by atoms with Crippen molar-refractivity contribution in [3.05, 3.63) is 23.3 Å². The van der Waals surface area contributed by atoms with Crippen molar-refractivity contribution in [1.82, 2.24) is 4.57 Å². The molecule has 0 aliphatic carbocycles. The molecular weight excluding hydrogens is 184 g/mol. The predicted octanol–water partition coefficient (Wildman–Crippen LogP) is 0.911. The van der Waals surface area contributed by atoms with Crippen LogP contribution in [0.2, 0.25) is 0 Å². The highest BCUT2D eigenvalue weighted by Gasteiger charge is 2.42. The van der Waals surface area contributed by atoms with E-state index in [1.54, 1.807) is 18.3 Å². The van der Waals surface area contributed by atoms with Crippen molar-refractivity contribution in [3.8, 4) is 18.0 Å². The lowest BCUT2D eigenvalue weighted by atomic mass is 10.0. The zero-order valence-electron chi connectivity index (χ0n) is 7.01.